The number of hydrogen-bond donors (Lipinski definition) is 1. The first-order chi connectivity index (χ1) is 15.8. The highest BCUT2D eigenvalue weighted by molar-refractivity contribution is 7.89. The number of benzene rings is 3. The maximum Gasteiger partial charge on any atom is 0.243 e. The standard InChI is InChI=1S/C27H30N2O3S/c1-20-10-14-23(15-11-20)26(22-7-4-3-5-8-22)28-27(30)24-9-6-18-29(19-24)33(31,32)25-16-12-21(2)13-17-25/h3-5,7-8,10-17,24,26H,6,9,18-19H2,1-2H3,(H,28,30)/t24-,26+/m1/s1. The second-order valence-corrected chi connectivity index (χ2v) is 10.7. The summed E-state index contributed by atoms with van der Waals surface area (Å²) in [4.78, 5) is 13.6. The van der Waals surface area contributed by atoms with Gasteiger partial charge in [-0.3, -0.25) is 4.79 Å². The van der Waals surface area contributed by atoms with Crippen LogP contribution in [0.15, 0.2) is 83.8 Å². The molecule has 1 saturated heterocycles. The lowest BCUT2D eigenvalue weighted by atomic mass is 9.94. The number of amides is 1. The highest BCUT2D eigenvalue weighted by Gasteiger charge is 2.34. The van der Waals surface area contributed by atoms with Crippen molar-refractivity contribution < 1.29 is 13.2 Å². The topological polar surface area (TPSA) is 66.5 Å². The molecule has 5 nitrogen and oxygen atoms in total. The lowest BCUT2D eigenvalue weighted by Crippen LogP contribution is -2.46. The van der Waals surface area contributed by atoms with E-state index in [1.54, 1.807) is 24.3 Å². The second kappa shape index (κ2) is 9.89. The van der Waals surface area contributed by atoms with Crippen LogP contribution in [-0.4, -0.2) is 31.7 Å². The Morgan fingerprint density at radius 2 is 1.45 bits per heavy atom. The molecule has 1 heterocycles. The minimum absolute atomic E-state index is 0.117. The summed E-state index contributed by atoms with van der Waals surface area (Å²) >= 11 is 0. The van der Waals surface area contributed by atoms with Crippen molar-refractivity contribution in [3.63, 3.8) is 0 Å². The molecule has 1 aliphatic rings. The van der Waals surface area contributed by atoms with Crippen LogP contribution in [-0.2, 0) is 14.8 Å². The molecule has 1 aliphatic heterocycles. The van der Waals surface area contributed by atoms with E-state index in [-0.39, 0.29) is 23.4 Å². The molecular formula is C27H30N2O3S. The van der Waals surface area contributed by atoms with Crippen LogP contribution in [0, 0.1) is 19.8 Å². The second-order valence-electron chi connectivity index (χ2n) is 8.78. The van der Waals surface area contributed by atoms with E-state index < -0.39 is 15.9 Å². The fourth-order valence-electron chi connectivity index (χ4n) is 4.26. The average molecular weight is 463 g/mol. The third-order valence-electron chi connectivity index (χ3n) is 6.24. The number of piperidine rings is 1. The largest absolute Gasteiger partial charge is 0.345 e. The van der Waals surface area contributed by atoms with Gasteiger partial charge in [-0.2, -0.15) is 4.31 Å². The molecule has 172 valence electrons. The maximum atomic E-state index is 13.3. The van der Waals surface area contributed by atoms with Gasteiger partial charge in [0.1, 0.15) is 0 Å². The highest BCUT2D eigenvalue weighted by atomic mass is 32.2. The molecular weight excluding hydrogens is 432 g/mol. The van der Waals surface area contributed by atoms with Gasteiger partial charge in [0.15, 0.2) is 0 Å². The third kappa shape index (κ3) is 5.34. The van der Waals surface area contributed by atoms with Crippen molar-refractivity contribution >= 4 is 15.9 Å². The summed E-state index contributed by atoms with van der Waals surface area (Å²) in [6, 6.07) is 24.6. The summed E-state index contributed by atoms with van der Waals surface area (Å²) in [5, 5.41) is 3.20. The number of nitrogens with one attached hydrogen (secondary N) is 1. The van der Waals surface area contributed by atoms with Crippen molar-refractivity contribution in [1.29, 1.82) is 0 Å². The molecule has 3 aromatic carbocycles. The number of nitrogens with zero attached hydrogens (tertiary/aromatic N) is 1. The SMILES string of the molecule is Cc1ccc([C@@H](NC(=O)[C@@H]2CCCN(S(=O)(=O)c3ccc(C)cc3)C2)c2ccccc2)cc1. The minimum atomic E-state index is -3.63. The summed E-state index contributed by atoms with van der Waals surface area (Å²) in [6.45, 7) is 4.58. The van der Waals surface area contributed by atoms with Crippen molar-refractivity contribution in [2.45, 2.75) is 37.6 Å². The fraction of sp³-hybridized carbons (Fsp3) is 0.296. The summed E-state index contributed by atoms with van der Waals surface area (Å²) in [6.07, 6.45) is 1.32. The Balaban J connectivity index is 1.53. The molecule has 0 aromatic heterocycles. The van der Waals surface area contributed by atoms with Gasteiger partial charge in [-0.1, -0.05) is 77.9 Å². The van der Waals surface area contributed by atoms with Crippen LogP contribution in [0.1, 0.15) is 41.1 Å². The van der Waals surface area contributed by atoms with E-state index in [2.05, 4.69) is 5.32 Å². The molecule has 0 saturated carbocycles. The van der Waals surface area contributed by atoms with Gasteiger partial charge in [-0.25, -0.2) is 8.42 Å². The molecule has 0 unspecified atom stereocenters. The average Bonchev–Trinajstić information content (AvgIpc) is 2.84. The fourth-order valence-corrected chi connectivity index (χ4v) is 5.78. The lowest BCUT2D eigenvalue weighted by molar-refractivity contribution is -0.126. The van der Waals surface area contributed by atoms with Crippen LogP contribution in [0.2, 0.25) is 0 Å². The lowest BCUT2D eigenvalue weighted by Gasteiger charge is -2.32. The zero-order chi connectivity index (χ0) is 23.4. The highest BCUT2D eigenvalue weighted by Crippen LogP contribution is 2.27. The predicted molar refractivity (Wildman–Crippen MR) is 130 cm³/mol. The number of hydrogen-bond acceptors (Lipinski definition) is 3. The van der Waals surface area contributed by atoms with Gasteiger partial charge in [0.05, 0.1) is 16.9 Å². The summed E-state index contributed by atoms with van der Waals surface area (Å²) < 4.78 is 27.8. The molecule has 1 fully saturated rings. The smallest absolute Gasteiger partial charge is 0.243 e. The van der Waals surface area contributed by atoms with Crippen molar-refractivity contribution in [1.82, 2.24) is 9.62 Å². The van der Waals surface area contributed by atoms with Crippen molar-refractivity contribution in [3.05, 3.63) is 101 Å². The molecule has 0 bridgehead atoms. The Labute approximate surface area is 196 Å². The van der Waals surface area contributed by atoms with Crippen LogP contribution >= 0.6 is 0 Å². The minimum Gasteiger partial charge on any atom is -0.345 e. The first-order valence-electron chi connectivity index (χ1n) is 11.3. The van der Waals surface area contributed by atoms with E-state index >= 15 is 0 Å². The summed E-state index contributed by atoms with van der Waals surface area (Å²) in [5.74, 6) is -0.510. The van der Waals surface area contributed by atoms with Crippen LogP contribution in [0.5, 0.6) is 0 Å². The van der Waals surface area contributed by atoms with Crippen molar-refractivity contribution in [2.24, 2.45) is 5.92 Å². The van der Waals surface area contributed by atoms with Crippen molar-refractivity contribution in [2.75, 3.05) is 13.1 Å². The summed E-state index contributed by atoms with van der Waals surface area (Å²) in [7, 11) is -3.63. The molecule has 3 aromatic rings. The Morgan fingerprint density at radius 3 is 2.09 bits per heavy atom. The third-order valence-corrected chi connectivity index (χ3v) is 8.12. The van der Waals surface area contributed by atoms with Gasteiger partial charge in [0.2, 0.25) is 15.9 Å². The van der Waals surface area contributed by atoms with E-state index in [1.165, 1.54) is 4.31 Å². The normalized spacial score (nSPS) is 17.9. The Kier molecular flexibility index (Phi) is 6.96. The van der Waals surface area contributed by atoms with Crippen molar-refractivity contribution in [3.8, 4) is 0 Å². The van der Waals surface area contributed by atoms with E-state index in [4.69, 9.17) is 0 Å². The van der Waals surface area contributed by atoms with Gasteiger partial charge >= 0.3 is 0 Å². The number of carbonyl (C=O) groups excluding carboxylic acids is 1. The molecule has 1 amide bonds. The zero-order valence-corrected chi connectivity index (χ0v) is 19.9. The Hall–Kier alpha value is -2.96. The molecule has 0 spiro atoms. The van der Waals surface area contributed by atoms with Gasteiger partial charge in [-0.05, 0) is 49.9 Å². The predicted octanol–water partition coefficient (Wildman–Crippen LogP) is 4.61. The molecule has 6 heteroatoms. The van der Waals surface area contributed by atoms with Gasteiger partial charge in [0, 0.05) is 13.1 Å². The molecule has 2 atom stereocenters. The van der Waals surface area contributed by atoms with Gasteiger partial charge in [0.25, 0.3) is 0 Å². The number of carbonyl (C=O) groups is 1. The van der Waals surface area contributed by atoms with E-state index in [1.807, 2.05) is 68.4 Å². The number of rotatable bonds is 6. The monoisotopic (exact) mass is 462 g/mol. The number of aryl methyl sites for hydroxylation is 2. The Bertz CT molecular complexity index is 1190. The zero-order valence-electron chi connectivity index (χ0n) is 19.1. The molecule has 1 N–H and O–H groups in total. The van der Waals surface area contributed by atoms with Gasteiger partial charge in [-0.15, -0.1) is 0 Å². The maximum absolute atomic E-state index is 13.3. The Morgan fingerprint density at radius 1 is 0.879 bits per heavy atom. The van der Waals surface area contributed by atoms with Crippen LogP contribution in [0.25, 0.3) is 0 Å². The van der Waals surface area contributed by atoms with E-state index in [0.717, 1.165) is 22.3 Å². The van der Waals surface area contributed by atoms with E-state index in [9.17, 15) is 13.2 Å². The van der Waals surface area contributed by atoms with Crippen LogP contribution in [0.4, 0.5) is 0 Å². The van der Waals surface area contributed by atoms with Crippen LogP contribution < -0.4 is 5.32 Å². The van der Waals surface area contributed by atoms with Crippen LogP contribution in [0.3, 0.4) is 0 Å². The first-order valence-corrected chi connectivity index (χ1v) is 12.8. The summed E-state index contributed by atoms with van der Waals surface area (Å²) in [5.41, 5.74) is 4.16. The van der Waals surface area contributed by atoms with E-state index in [0.29, 0.717) is 19.4 Å². The molecule has 33 heavy (non-hydrogen) atoms. The number of sulfonamides is 1. The first kappa shape index (κ1) is 23.2. The van der Waals surface area contributed by atoms with Gasteiger partial charge < -0.3 is 5.32 Å². The molecule has 4 rings (SSSR count). The quantitative estimate of drug-likeness (QED) is 0.582. The molecule has 0 aliphatic carbocycles. The molecule has 0 radical (unpaired) electrons.